The molecule has 0 N–H and O–H groups in total. The first kappa shape index (κ1) is 27.1. The van der Waals surface area contributed by atoms with Gasteiger partial charge in [-0.1, -0.05) is 12.1 Å². The number of carbonyl (C=O) groups is 1. The molecule has 0 bridgehead atoms. The predicted molar refractivity (Wildman–Crippen MR) is 143 cm³/mol. The quantitative estimate of drug-likeness (QED) is 0.315. The highest BCUT2D eigenvalue weighted by Gasteiger charge is 2.24. The van der Waals surface area contributed by atoms with Crippen LogP contribution in [0.3, 0.4) is 0 Å². The normalized spacial score (nSPS) is 24.9. The Bertz CT molecular complexity index is 972. The van der Waals surface area contributed by atoms with E-state index < -0.39 is 0 Å². The zero-order valence-corrected chi connectivity index (χ0v) is 22.2. The molecule has 2 aromatic carbocycles. The van der Waals surface area contributed by atoms with Crippen LogP contribution in [-0.4, -0.2) is 51.1 Å². The number of carbonyl (C=O) groups excluding carboxylic acids is 1. The Labute approximate surface area is 225 Å². The average molecular weight is 525 g/mol. The maximum absolute atomic E-state index is 13.7. The van der Waals surface area contributed by atoms with Crippen LogP contribution in [0.2, 0.25) is 0 Å². The monoisotopic (exact) mass is 524 g/mol. The van der Waals surface area contributed by atoms with Gasteiger partial charge in [-0.3, -0.25) is 4.79 Å². The van der Waals surface area contributed by atoms with Gasteiger partial charge in [0.25, 0.3) is 0 Å². The van der Waals surface area contributed by atoms with E-state index in [0.29, 0.717) is 24.3 Å². The van der Waals surface area contributed by atoms with Crippen LogP contribution in [0.5, 0.6) is 11.5 Å². The van der Waals surface area contributed by atoms with Gasteiger partial charge in [-0.25, -0.2) is 0 Å². The third-order valence-electron chi connectivity index (χ3n) is 7.40. The van der Waals surface area contributed by atoms with Gasteiger partial charge in [0, 0.05) is 30.9 Å². The average Bonchev–Trinajstić information content (AvgIpc) is 2.98. The Morgan fingerprint density at radius 2 is 1.18 bits per heavy atom. The summed E-state index contributed by atoms with van der Waals surface area (Å²) in [6, 6.07) is 15.2. The van der Waals surface area contributed by atoms with Crippen LogP contribution in [0.15, 0.2) is 48.5 Å². The Balaban J connectivity index is 1.25. The third-order valence-corrected chi connectivity index (χ3v) is 7.40. The van der Waals surface area contributed by atoms with E-state index in [1.54, 1.807) is 0 Å². The smallest absolute Gasteiger partial charge is 0.199 e. The number of ether oxygens (including phenoxy) is 6. The highest BCUT2D eigenvalue weighted by molar-refractivity contribution is 6.01. The van der Waals surface area contributed by atoms with E-state index in [1.165, 1.54) is 0 Å². The minimum Gasteiger partial charge on any atom is -0.465 e. The molecule has 0 aromatic heterocycles. The molecule has 4 unspecified atom stereocenters. The summed E-state index contributed by atoms with van der Waals surface area (Å²) in [4.78, 5) is 13.7. The molecule has 3 saturated heterocycles. The number of hydrogen-bond donors (Lipinski definition) is 0. The first-order valence-electron chi connectivity index (χ1n) is 14.3. The first-order valence-corrected chi connectivity index (χ1v) is 14.3. The molecule has 206 valence electrons. The number of ketones is 1. The Hall–Kier alpha value is -2.45. The van der Waals surface area contributed by atoms with E-state index in [1.807, 2.05) is 48.5 Å². The Morgan fingerprint density at radius 3 is 1.68 bits per heavy atom. The van der Waals surface area contributed by atoms with Crippen LogP contribution in [0.25, 0.3) is 0 Å². The van der Waals surface area contributed by atoms with Crippen molar-refractivity contribution in [2.75, 3.05) is 26.4 Å². The number of hydrogen-bond acceptors (Lipinski definition) is 7. The fourth-order valence-electron chi connectivity index (χ4n) is 5.20. The van der Waals surface area contributed by atoms with Crippen LogP contribution in [-0.2, 0) is 18.9 Å². The van der Waals surface area contributed by atoms with Gasteiger partial charge in [0.1, 0.15) is 11.5 Å². The second-order valence-electron chi connectivity index (χ2n) is 10.3. The Morgan fingerprint density at radius 1 is 0.684 bits per heavy atom. The molecule has 3 fully saturated rings. The molecule has 7 heteroatoms. The van der Waals surface area contributed by atoms with Crippen molar-refractivity contribution < 1.29 is 33.2 Å². The van der Waals surface area contributed by atoms with Gasteiger partial charge in [0.05, 0.1) is 19.8 Å². The molecular formula is C31H40O7. The van der Waals surface area contributed by atoms with Crippen molar-refractivity contribution in [3.8, 4) is 11.5 Å². The van der Waals surface area contributed by atoms with Crippen molar-refractivity contribution in [1.82, 2.24) is 0 Å². The lowest BCUT2D eigenvalue weighted by Crippen LogP contribution is -2.25. The molecule has 0 saturated carbocycles. The van der Waals surface area contributed by atoms with Gasteiger partial charge in [-0.15, -0.1) is 0 Å². The zero-order valence-electron chi connectivity index (χ0n) is 22.2. The molecule has 38 heavy (non-hydrogen) atoms. The zero-order chi connectivity index (χ0) is 26.0. The highest BCUT2D eigenvalue weighted by atomic mass is 16.7. The molecule has 5 rings (SSSR count). The van der Waals surface area contributed by atoms with Crippen molar-refractivity contribution in [1.29, 1.82) is 0 Å². The molecular weight excluding hydrogens is 484 g/mol. The van der Waals surface area contributed by atoms with Crippen LogP contribution in [0, 0.1) is 0 Å². The minimum atomic E-state index is -0.341. The fraction of sp³-hybridized carbons (Fsp3) is 0.581. The van der Waals surface area contributed by atoms with E-state index in [4.69, 9.17) is 28.4 Å². The van der Waals surface area contributed by atoms with E-state index in [0.717, 1.165) is 88.9 Å². The van der Waals surface area contributed by atoms with Gasteiger partial charge >= 0.3 is 0 Å². The topological polar surface area (TPSA) is 72.5 Å². The summed E-state index contributed by atoms with van der Waals surface area (Å²) in [5, 5.41) is 0. The number of Topliss-reactive ketones (excluding diaryl/α,β-unsaturated/α-hetero) is 1. The van der Waals surface area contributed by atoms with Crippen molar-refractivity contribution in [3.63, 3.8) is 0 Å². The molecule has 3 aliphatic rings. The second kappa shape index (κ2) is 14.1. The molecule has 0 aliphatic carbocycles. The molecule has 0 amide bonds. The van der Waals surface area contributed by atoms with Crippen LogP contribution >= 0.6 is 0 Å². The van der Waals surface area contributed by atoms with Crippen molar-refractivity contribution >= 4 is 5.78 Å². The summed E-state index contributed by atoms with van der Waals surface area (Å²) in [5.74, 6) is 1.19. The maximum Gasteiger partial charge on any atom is 0.199 e. The molecule has 3 aliphatic heterocycles. The lowest BCUT2D eigenvalue weighted by atomic mass is 9.88. The first-order chi connectivity index (χ1) is 18.7. The van der Waals surface area contributed by atoms with E-state index in [9.17, 15) is 4.79 Å². The third kappa shape index (κ3) is 7.79. The predicted octanol–water partition coefficient (Wildman–Crippen LogP) is 6.40. The van der Waals surface area contributed by atoms with Crippen molar-refractivity contribution in [3.05, 3.63) is 59.7 Å². The lowest BCUT2D eigenvalue weighted by Gasteiger charge is -2.25. The van der Waals surface area contributed by atoms with E-state index in [-0.39, 0.29) is 30.6 Å². The summed E-state index contributed by atoms with van der Waals surface area (Å²) < 4.78 is 35.0. The molecule has 2 aromatic rings. The molecule has 0 spiro atoms. The van der Waals surface area contributed by atoms with Crippen LogP contribution < -0.4 is 9.47 Å². The minimum absolute atomic E-state index is 0.0583. The van der Waals surface area contributed by atoms with E-state index in [2.05, 4.69) is 0 Å². The summed E-state index contributed by atoms with van der Waals surface area (Å²) in [6.07, 6.45) is 9.24. The molecule has 4 atom stereocenters. The number of rotatable bonds is 11. The SMILES string of the molecule is O=C(c1ccc(OC2CCCCO2)cc1)C(CCOC1CCCCO1)c1ccc(OC2CCCCO2)cc1. The van der Waals surface area contributed by atoms with Crippen LogP contribution in [0.1, 0.15) is 86.0 Å². The summed E-state index contributed by atoms with van der Waals surface area (Å²) in [7, 11) is 0. The molecule has 3 heterocycles. The van der Waals surface area contributed by atoms with Crippen molar-refractivity contribution in [2.24, 2.45) is 0 Å². The molecule has 0 radical (unpaired) electrons. The number of benzene rings is 2. The van der Waals surface area contributed by atoms with Gasteiger partial charge < -0.3 is 28.4 Å². The van der Waals surface area contributed by atoms with E-state index >= 15 is 0 Å². The molecule has 7 nitrogen and oxygen atoms in total. The van der Waals surface area contributed by atoms with Gasteiger partial charge in [-0.05, 0) is 93.3 Å². The summed E-state index contributed by atoms with van der Waals surface area (Å²) >= 11 is 0. The maximum atomic E-state index is 13.7. The van der Waals surface area contributed by atoms with Gasteiger partial charge in [-0.2, -0.15) is 0 Å². The summed E-state index contributed by atoms with van der Waals surface area (Å²) in [6.45, 7) is 2.66. The lowest BCUT2D eigenvalue weighted by molar-refractivity contribution is -0.162. The van der Waals surface area contributed by atoms with Gasteiger partial charge in [0.15, 0.2) is 24.7 Å². The standard InChI is InChI=1S/C31H40O7/c32-31(24-12-16-26(17-13-24)38-30-9-3-6-21-35-30)27(18-22-36-28-7-1-4-19-33-28)23-10-14-25(15-11-23)37-29-8-2-5-20-34-29/h10-17,27-30H,1-9,18-22H2. The fourth-order valence-corrected chi connectivity index (χ4v) is 5.20. The summed E-state index contributed by atoms with van der Waals surface area (Å²) in [5.41, 5.74) is 1.59. The van der Waals surface area contributed by atoms with Gasteiger partial charge in [0.2, 0.25) is 0 Å². The second-order valence-corrected chi connectivity index (χ2v) is 10.3. The van der Waals surface area contributed by atoms with Crippen molar-refractivity contribution in [2.45, 2.75) is 89.0 Å². The Kier molecular flexibility index (Phi) is 10.1. The largest absolute Gasteiger partial charge is 0.465 e. The highest BCUT2D eigenvalue weighted by Crippen LogP contribution is 2.29. The van der Waals surface area contributed by atoms with Crippen LogP contribution in [0.4, 0.5) is 0 Å².